The maximum absolute atomic E-state index is 11.8. The predicted octanol–water partition coefficient (Wildman–Crippen LogP) is 4.78. The third-order valence-electron chi connectivity index (χ3n) is 3.47. The Hall–Kier alpha value is -3.30. The van der Waals surface area contributed by atoms with Crippen LogP contribution in [0.1, 0.15) is 33.6 Å². The molecule has 0 unspecified atom stereocenters. The average Bonchev–Trinajstić information content (AvgIpc) is 2.68. The highest BCUT2D eigenvalue weighted by molar-refractivity contribution is 6.10. The molecule has 2 aromatic rings. The minimum Gasteiger partial charge on any atom is -0.294 e. The maximum atomic E-state index is 11.8. The Labute approximate surface area is 166 Å². The van der Waals surface area contributed by atoms with Gasteiger partial charge in [-0.2, -0.15) is 26.3 Å². The Bertz CT molecular complexity index is 812. The van der Waals surface area contributed by atoms with Gasteiger partial charge in [-0.25, -0.2) is 0 Å². The second-order valence-corrected chi connectivity index (χ2v) is 5.77. The molecule has 0 N–H and O–H groups in total. The first-order valence-electron chi connectivity index (χ1n) is 8.19. The molecule has 160 valence electrons. The Morgan fingerprint density at radius 1 is 0.533 bits per heavy atom. The summed E-state index contributed by atoms with van der Waals surface area (Å²) in [5, 5.41) is 0. The van der Waals surface area contributed by atoms with Crippen molar-refractivity contribution in [2.24, 2.45) is 0 Å². The molecular formula is C20H14F6O4. The van der Waals surface area contributed by atoms with Gasteiger partial charge in [-0.3, -0.25) is 19.2 Å². The summed E-state index contributed by atoms with van der Waals surface area (Å²) in [7, 11) is 0. The third-order valence-corrected chi connectivity index (χ3v) is 3.47. The number of carbonyl (C=O) groups excluding carboxylic acids is 4. The largest absolute Gasteiger partial charge is 0.450 e. The van der Waals surface area contributed by atoms with Crippen molar-refractivity contribution < 1.29 is 45.5 Å². The summed E-state index contributed by atoms with van der Waals surface area (Å²) in [5.74, 6) is -5.68. The van der Waals surface area contributed by atoms with Crippen LogP contribution in [-0.2, 0) is 9.59 Å². The lowest BCUT2D eigenvalue weighted by molar-refractivity contribution is -0.170. The van der Waals surface area contributed by atoms with E-state index in [-0.39, 0.29) is 11.1 Å². The number of Topliss-reactive ketones (excluding diaryl/α,β-unsaturated/α-hetero) is 4. The molecule has 4 nitrogen and oxygen atoms in total. The summed E-state index contributed by atoms with van der Waals surface area (Å²) in [6.07, 6.45) is -12.1. The predicted molar refractivity (Wildman–Crippen MR) is 92.9 cm³/mol. The second kappa shape index (κ2) is 10.5. The van der Waals surface area contributed by atoms with E-state index < -0.39 is 48.3 Å². The van der Waals surface area contributed by atoms with Crippen LogP contribution in [0.2, 0.25) is 0 Å². The van der Waals surface area contributed by atoms with Crippen molar-refractivity contribution in [3.05, 3.63) is 71.8 Å². The number of rotatable bonds is 6. The highest BCUT2D eigenvalue weighted by atomic mass is 19.4. The van der Waals surface area contributed by atoms with Crippen LogP contribution < -0.4 is 0 Å². The number of hydrogen-bond donors (Lipinski definition) is 0. The van der Waals surface area contributed by atoms with Crippen molar-refractivity contribution in [3.8, 4) is 0 Å². The van der Waals surface area contributed by atoms with Gasteiger partial charge in [0.15, 0.2) is 11.6 Å². The van der Waals surface area contributed by atoms with E-state index >= 15 is 0 Å². The number of halogens is 6. The molecular weight excluding hydrogens is 418 g/mol. The van der Waals surface area contributed by atoms with Gasteiger partial charge >= 0.3 is 12.4 Å². The second-order valence-electron chi connectivity index (χ2n) is 5.77. The molecule has 0 spiro atoms. The number of alkyl halides is 6. The fourth-order valence-electron chi connectivity index (χ4n) is 1.94. The minimum atomic E-state index is -4.94. The van der Waals surface area contributed by atoms with Gasteiger partial charge in [0.2, 0.25) is 11.6 Å². The van der Waals surface area contributed by atoms with Crippen molar-refractivity contribution in [1.29, 1.82) is 0 Å². The van der Waals surface area contributed by atoms with Crippen molar-refractivity contribution in [2.45, 2.75) is 25.2 Å². The van der Waals surface area contributed by atoms with Gasteiger partial charge in [-0.1, -0.05) is 60.7 Å². The lowest BCUT2D eigenvalue weighted by Gasteiger charge is -2.03. The summed E-state index contributed by atoms with van der Waals surface area (Å²) in [6.45, 7) is 0. The molecule has 0 amide bonds. The topological polar surface area (TPSA) is 68.3 Å². The lowest BCUT2D eigenvalue weighted by atomic mass is 10.1. The maximum Gasteiger partial charge on any atom is 0.450 e. The first-order chi connectivity index (χ1) is 13.8. The molecule has 2 rings (SSSR count). The molecule has 0 saturated heterocycles. The van der Waals surface area contributed by atoms with Crippen molar-refractivity contribution in [1.82, 2.24) is 0 Å². The average molecular weight is 432 g/mol. The number of ketones is 4. The molecule has 0 aliphatic heterocycles. The molecule has 0 aliphatic rings. The molecule has 0 heterocycles. The fourth-order valence-corrected chi connectivity index (χ4v) is 1.94. The number of hydrogen-bond acceptors (Lipinski definition) is 4. The lowest BCUT2D eigenvalue weighted by Crippen LogP contribution is -2.25. The van der Waals surface area contributed by atoms with E-state index in [1.54, 1.807) is 12.1 Å². The van der Waals surface area contributed by atoms with Gasteiger partial charge in [0.25, 0.3) is 0 Å². The van der Waals surface area contributed by atoms with Crippen molar-refractivity contribution in [3.63, 3.8) is 0 Å². The smallest absolute Gasteiger partial charge is 0.294 e. The van der Waals surface area contributed by atoms with E-state index in [1.807, 2.05) is 0 Å². The van der Waals surface area contributed by atoms with Gasteiger partial charge in [0.05, 0.1) is 12.8 Å². The van der Waals surface area contributed by atoms with Crippen LogP contribution in [0, 0.1) is 0 Å². The quantitative estimate of drug-likeness (QED) is 0.374. The van der Waals surface area contributed by atoms with E-state index in [4.69, 9.17) is 0 Å². The molecule has 0 fully saturated rings. The van der Waals surface area contributed by atoms with Crippen LogP contribution in [0.15, 0.2) is 60.7 Å². The van der Waals surface area contributed by atoms with Crippen LogP contribution in [0.5, 0.6) is 0 Å². The van der Waals surface area contributed by atoms with Crippen LogP contribution in [-0.4, -0.2) is 35.5 Å². The van der Waals surface area contributed by atoms with E-state index in [9.17, 15) is 45.5 Å². The molecule has 0 atom stereocenters. The number of carbonyl (C=O) groups is 4. The van der Waals surface area contributed by atoms with Gasteiger partial charge in [0.1, 0.15) is 0 Å². The van der Waals surface area contributed by atoms with Crippen molar-refractivity contribution in [2.75, 3.05) is 0 Å². The molecule has 0 aromatic heterocycles. The van der Waals surface area contributed by atoms with Gasteiger partial charge in [-0.05, 0) is 0 Å². The zero-order valence-corrected chi connectivity index (χ0v) is 15.1. The number of benzene rings is 2. The Morgan fingerprint density at radius 2 is 0.800 bits per heavy atom. The van der Waals surface area contributed by atoms with Crippen LogP contribution in [0.4, 0.5) is 26.3 Å². The van der Waals surface area contributed by atoms with Gasteiger partial charge in [0, 0.05) is 11.1 Å². The van der Waals surface area contributed by atoms with Crippen LogP contribution in [0.3, 0.4) is 0 Å². The summed E-state index contributed by atoms with van der Waals surface area (Å²) < 4.78 is 70.9. The van der Waals surface area contributed by atoms with Crippen LogP contribution in [0.25, 0.3) is 0 Å². The monoisotopic (exact) mass is 432 g/mol. The Kier molecular flexibility index (Phi) is 8.63. The van der Waals surface area contributed by atoms with Crippen molar-refractivity contribution >= 4 is 23.1 Å². The highest BCUT2D eigenvalue weighted by Gasteiger charge is 2.39. The first-order valence-corrected chi connectivity index (χ1v) is 8.19. The van der Waals surface area contributed by atoms with Gasteiger partial charge in [-0.15, -0.1) is 0 Å². The minimum absolute atomic E-state index is 0.107. The van der Waals surface area contributed by atoms with Crippen LogP contribution >= 0.6 is 0 Å². The molecule has 2 aromatic carbocycles. The SMILES string of the molecule is O=C(CC(=O)C(F)(F)F)c1ccccc1.O=C(CC(=O)C(F)(F)F)c1ccccc1. The van der Waals surface area contributed by atoms with Gasteiger partial charge < -0.3 is 0 Å². The third kappa shape index (κ3) is 8.38. The molecule has 10 heteroatoms. The molecule has 0 saturated carbocycles. The van der Waals surface area contributed by atoms with E-state index in [0.717, 1.165) is 0 Å². The normalized spacial score (nSPS) is 11.1. The first kappa shape index (κ1) is 24.7. The molecule has 30 heavy (non-hydrogen) atoms. The highest BCUT2D eigenvalue weighted by Crippen LogP contribution is 2.20. The summed E-state index contributed by atoms with van der Waals surface area (Å²) in [6, 6.07) is 14.8. The van der Waals surface area contributed by atoms with E-state index in [2.05, 4.69) is 0 Å². The molecule has 0 aliphatic carbocycles. The Balaban J connectivity index is 0.000000300. The fraction of sp³-hybridized carbons (Fsp3) is 0.200. The van der Waals surface area contributed by atoms with E-state index in [0.29, 0.717) is 0 Å². The standard InChI is InChI=1S/2C10H7F3O2/c2*11-10(12,13)9(15)6-8(14)7-4-2-1-3-5-7/h2*1-5H,6H2. The molecule has 0 radical (unpaired) electrons. The summed E-state index contributed by atoms with van der Waals surface area (Å²) in [5.41, 5.74) is 0.213. The zero-order chi connectivity index (χ0) is 22.9. The Morgan fingerprint density at radius 3 is 1.03 bits per heavy atom. The van der Waals surface area contributed by atoms with E-state index in [1.165, 1.54) is 48.5 Å². The summed E-state index contributed by atoms with van der Waals surface area (Å²) in [4.78, 5) is 43.4. The zero-order valence-electron chi connectivity index (χ0n) is 15.1. The molecule has 0 bridgehead atoms. The summed E-state index contributed by atoms with van der Waals surface area (Å²) >= 11 is 0.